The normalized spacial score (nSPS) is 12.2. The molecule has 0 heterocycles. The quantitative estimate of drug-likeness (QED) is 0.795. The van der Waals surface area contributed by atoms with E-state index in [0.29, 0.717) is 5.92 Å². The van der Waals surface area contributed by atoms with Crippen molar-refractivity contribution >= 4 is 5.57 Å². The van der Waals surface area contributed by atoms with Gasteiger partial charge in [-0.1, -0.05) is 44.2 Å². The van der Waals surface area contributed by atoms with E-state index < -0.39 is 0 Å². The second-order valence-electron chi connectivity index (χ2n) is 4.24. The standard InChI is InChI=1S/C14H21N/c1-11(2)13-6-8-14(9-7-13)12(3)5-4-10-15/h5-9,11H,4,10,15H2,1-3H3. The van der Waals surface area contributed by atoms with E-state index in [-0.39, 0.29) is 0 Å². The van der Waals surface area contributed by atoms with Crippen molar-refractivity contribution in [1.82, 2.24) is 0 Å². The van der Waals surface area contributed by atoms with Gasteiger partial charge in [0.05, 0.1) is 0 Å². The van der Waals surface area contributed by atoms with Crippen molar-refractivity contribution in [3.05, 3.63) is 41.5 Å². The van der Waals surface area contributed by atoms with Crippen LogP contribution in [0.2, 0.25) is 0 Å². The highest BCUT2D eigenvalue weighted by Gasteiger charge is 1.99. The zero-order valence-electron chi connectivity index (χ0n) is 9.96. The molecule has 15 heavy (non-hydrogen) atoms. The monoisotopic (exact) mass is 203 g/mol. The summed E-state index contributed by atoms with van der Waals surface area (Å²) >= 11 is 0. The van der Waals surface area contributed by atoms with Crippen molar-refractivity contribution in [1.29, 1.82) is 0 Å². The van der Waals surface area contributed by atoms with Crippen LogP contribution >= 0.6 is 0 Å². The third-order valence-electron chi connectivity index (χ3n) is 2.65. The van der Waals surface area contributed by atoms with Gasteiger partial charge in [0.1, 0.15) is 0 Å². The minimum atomic E-state index is 0.604. The molecule has 0 aliphatic heterocycles. The fourth-order valence-electron chi connectivity index (χ4n) is 1.55. The number of hydrogen-bond acceptors (Lipinski definition) is 1. The molecule has 0 unspecified atom stereocenters. The Balaban J connectivity index is 2.79. The van der Waals surface area contributed by atoms with Crippen LogP contribution in [-0.4, -0.2) is 6.54 Å². The molecule has 0 saturated heterocycles. The van der Waals surface area contributed by atoms with Crippen LogP contribution in [-0.2, 0) is 0 Å². The van der Waals surface area contributed by atoms with Crippen LogP contribution in [0.3, 0.4) is 0 Å². The minimum absolute atomic E-state index is 0.604. The lowest BCUT2D eigenvalue weighted by molar-refractivity contribution is 0.866. The molecule has 0 saturated carbocycles. The molecular formula is C14H21N. The lowest BCUT2D eigenvalue weighted by Crippen LogP contribution is -1.96. The summed E-state index contributed by atoms with van der Waals surface area (Å²) in [4.78, 5) is 0. The molecule has 0 aromatic heterocycles. The summed E-state index contributed by atoms with van der Waals surface area (Å²) in [5.41, 5.74) is 9.48. The first-order valence-electron chi connectivity index (χ1n) is 5.62. The van der Waals surface area contributed by atoms with Gasteiger partial charge in [0.2, 0.25) is 0 Å². The molecule has 1 heteroatoms. The fraction of sp³-hybridized carbons (Fsp3) is 0.429. The zero-order valence-corrected chi connectivity index (χ0v) is 9.96. The molecule has 1 nitrogen and oxygen atoms in total. The third-order valence-corrected chi connectivity index (χ3v) is 2.65. The minimum Gasteiger partial charge on any atom is -0.330 e. The van der Waals surface area contributed by atoms with Crippen LogP contribution in [0.15, 0.2) is 30.3 Å². The molecule has 0 amide bonds. The van der Waals surface area contributed by atoms with Gasteiger partial charge in [0.15, 0.2) is 0 Å². The highest BCUT2D eigenvalue weighted by atomic mass is 14.5. The van der Waals surface area contributed by atoms with E-state index in [2.05, 4.69) is 51.1 Å². The summed E-state index contributed by atoms with van der Waals surface area (Å²) in [5.74, 6) is 0.604. The van der Waals surface area contributed by atoms with Crippen molar-refractivity contribution in [2.75, 3.05) is 6.54 Å². The van der Waals surface area contributed by atoms with Crippen molar-refractivity contribution < 1.29 is 0 Å². The van der Waals surface area contributed by atoms with Gasteiger partial charge in [-0.3, -0.25) is 0 Å². The van der Waals surface area contributed by atoms with E-state index in [4.69, 9.17) is 5.73 Å². The lowest BCUT2D eigenvalue weighted by atomic mass is 9.99. The molecule has 0 atom stereocenters. The van der Waals surface area contributed by atoms with E-state index >= 15 is 0 Å². The number of allylic oxidation sites excluding steroid dienone is 1. The highest BCUT2D eigenvalue weighted by molar-refractivity contribution is 5.63. The van der Waals surface area contributed by atoms with Crippen LogP contribution in [0.25, 0.3) is 5.57 Å². The molecule has 0 aliphatic rings. The van der Waals surface area contributed by atoms with Gasteiger partial charge < -0.3 is 5.73 Å². The lowest BCUT2D eigenvalue weighted by Gasteiger charge is -2.07. The van der Waals surface area contributed by atoms with Crippen molar-refractivity contribution in [2.45, 2.75) is 33.1 Å². The second-order valence-corrected chi connectivity index (χ2v) is 4.24. The summed E-state index contributed by atoms with van der Waals surface area (Å²) in [6.07, 6.45) is 3.15. The topological polar surface area (TPSA) is 26.0 Å². The van der Waals surface area contributed by atoms with Crippen molar-refractivity contribution in [3.8, 4) is 0 Å². The first-order valence-corrected chi connectivity index (χ1v) is 5.62. The second kappa shape index (κ2) is 5.72. The Labute approximate surface area is 93.0 Å². The van der Waals surface area contributed by atoms with Crippen LogP contribution in [0.5, 0.6) is 0 Å². The summed E-state index contributed by atoms with van der Waals surface area (Å²) < 4.78 is 0. The van der Waals surface area contributed by atoms with E-state index in [1.165, 1.54) is 16.7 Å². The molecule has 82 valence electrons. The van der Waals surface area contributed by atoms with Crippen LogP contribution < -0.4 is 5.73 Å². The molecule has 0 bridgehead atoms. The zero-order chi connectivity index (χ0) is 11.3. The molecule has 2 N–H and O–H groups in total. The molecule has 0 aliphatic carbocycles. The van der Waals surface area contributed by atoms with Crippen LogP contribution in [0.1, 0.15) is 44.2 Å². The smallest absolute Gasteiger partial charge is 0.00424 e. The van der Waals surface area contributed by atoms with Crippen LogP contribution in [0, 0.1) is 0 Å². The van der Waals surface area contributed by atoms with Crippen molar-refractivity contribution in [3.63, 3.8) is 0 Å². The first-order chi connectivity index (χ1) is 7.15. The molecule has 1 aromatic carbocycles. The van der Waals surface area contributed by atoms with Crippen molar-refractivity contribution in [2.24, 2.45) is 5.73 Å². The number of rotatable bonds is 4. The number of nitrogens with two attached hydrogens (primary N) is 1. The average molecular weight is 203 g/mol. The summed E-state index contributed by atoms with van der Waals surface area (Å²) in [7, 11) is 0. The van der Waals surface area contributed by atoms with E-state index in [1.54, 1.807) is 0 Å². The molecule has 0 spiro atoms. The Bertz CT molecular complexity index is 320. The van der Waals surface area contributed by atoms with Gasteiger partial charge in [0, 0.05) is 0 Å². The van der Waals surface area contributed by atoms with Crippen LogP contribution in [0.4, 0.5) is 0 Å². The van der Waals surface area contributed by atoms with E-state index in [1.807, 2.05) is 0 Å². The molecule has 1 rings (SSSR count). The van der Waals surface area contributed by atoms with Gasteiger partial charge in [-0.05, 0) is 42.5 Å². The number of hydrogen-bond donors (Lipinski definition) is 1. The predicted octanol–water partition coefficient (Wildman–Crippen LogP) is 3.56. The first kappa shape index (κ1) is 12.0. The Morgan fingerprint density at radius 1 is 1.27 bits per heavy atom. The number of benzene rings is 1. The molecular weight excluding hydrogens is 182 g/mol. The Hall–Kier alpha value is -1.08. The summed E-state index contributed by atoms with van der Waals surface area (Å²) in [6.45, 7) is 7.29. The molecule has 0 fully saturated rings. The Morgan fingerprint density at radius 2 is 1.87 bits per heavy atom. The SMILES string of the molecule is CC(=CCCN)c1ccc(C(C)C)cc1. The average Bonchev–Trinajstić information content (AvgIpc) is 2.26. The van der Waals surface area contributed by atoms with E-state index in [9.17, 15) is 0 Å². The predicted molar refractivity (Wildman–Crippen MR) is 67.9 cm³/mol. The van der Waals surface area contributed by atoms with Gasteiger partial charge in [-0.25, -0.2) is 0 Å². The fourth-order valence-corrected chi connectivity index (χ4v) is 1.55. The molecule has 0 radical (unpaired) electrons. The van der Waals surface area contributed by atoms with Gasteiger partial charge in [-0.15, -0.1) is 0 Å². The highest BCUT2D eigenvalue weighted by Crippen LogP contribution is 2.19. The largest absolute Gasteiger partial charge is 0.330 e. The third kappa shape index (κ3) is 3.52. The van der Waals surface area contributed by atoms with Gasteiger partial charge >= 0.3 is 0 Å². The summed E-state index contributed by atoms with van der Waals surface area (Å²) in [5, 5.41) is 0. The summed E-state index contributed by atoms with van der Waals surface area (Å²) in [6, 6.07) is 8.80. The van der Waals surface area contributed by atoms with Gasteiger partial charge in [0.25, 0.3) is 0 Å². The van der Waals surface area contributed by atoms with E-state index in [0.717, 1.165) is 13.0 Å². The maximum Gasteiger partial charge on any atom is -0.00424 e. The Kier molecular flexibility index (Phi) is 4.57. The molecule has 1 aromatic rings. The Morgan fingerprint density at radius 3 is 2.33 bits per heavy atom. The maximum atomic E-state index is 5.47. The maximum absolute atomic E-state index is 5.47. The van der Waals surface area contributed by atoms with Gasteiger partial charge in [-0.2, -0.15) is 0 Å².